The Labute approximate surface area is 200 Å². The third kappa shape index (κ3) is 4.96. The van der Waals surface area contributed by atoms with Gasteiger partial charge in [-0.3, -0.25) is 4.79 Å². The van der Waals surface area contributed by atoms with Crippen molar-refractivity contribution >= 4 is 23.3 Å². The van der Waals surface area contributed by atoms with Gasteiger partial charge in [-0.15, -0.1) is 6.58 Å². The van der Waals surface area contributed by atoms with E-state index in [1.807, 2.05) is 74.5 Å². The van der Waals surface area contributed by atoms with E-state index >= 15 is 0 Å². The zero-order chi connectivity index (χ0) is 24.1. The Morgan fingerprint density at radius 3 is 2.26 bits per heavy atom. The molecule has 6 nitrogen and oxygen atoms in total. The molecule has 1 heterocycles. The first-order chi connectivity index (χ1) is 16.4. The number of urea groups is 1. The van der Waals surface area contributed by atoms with Gasteiger partial charge >= 0.3 is 6.03 Å². The summed E-state index contributed by atoms with van der Waals surface area (Å²) in [6, 6.07) is 24.3. The highest BCUT2D eigenvalue weighted by Crippen LogP contribution is 2.38. The van der Waals surface area contributed by atoms with Crippen LogP contribution in [0, 0.1) is 5.41 Å². The standard InChI is InChI=1S/C28H29N3O3/c1-4-17-31-23-18-22(15-16-24(23)34-19-28(2,3)26(31)32)29-27(33)30-25(20-11-7-5-8-12-20)21-13-9-6-10-14-21/h4-16,18,25H,1,17,19H2,2-3H3,(H2,29,30,33). The molecule has 0 bridgehead atoms. The number of ether oxygens (including phenoxy) is 1. The smallest absolute Gasteiger partial charge is 0.319 e. The predicted octanol–water partition coefficient (Wildman–Crippen LogP) is 5.54. The quantitative estimate of drug-likeness (QED) is 0.480. The lowest BCUT2D eigenvalue weighted by Gasteiger charge is -2.27. The molecule has 0 atom stereocenters. The third-order valence-electron chi connectivity index (χ3n) is 5.77. The van der Waals surface area contributed by atoms with Gasteiger partial charge in [0.05, 0.1) is 17.1 Å². The van der Waals surface area contributed by atoms with Crippen LogP contribution in [0.15, 0.2) is 91.5 Å². The number of nitrogens with zero attached hydrogens (tertiary/aromatic N) is 1. The zero-order valence-electron chi connectivity index (χ0n) is 19.5. The topological polar surface area (TPSA) is 70.7 Å². The van der Waals surface area contributed by atoms with E-state index in [-0.39, 0.29) is 24.6 Å². The molecule has 0 spiro atoms. The van der Waals surface area contributed by atoms with Gasteiger partial charge in [0, 0.05) is 12.2 Å². The molecular formula is C28H29N3O3. The van der Waals surface area contributed by atoms with Crippen molar-refractivity contribution < 1.29 is 14.3 Å². The normalized spacial score (nSPS) is 14.6. The predicted molar refractivity (Wildman–Crippen MR) is 135 cm³/mol. The van der Waals surface area contributed by atoms with Crippen molar-refractivity contribution in [3.63, 3.8) is 0 Å². The summed E-state index contributed by atoms with van der Waals surface area (Å²) >= 11 is 0. The van der Waals surface area contributed by atoms with Crippen molar-refractivity contribution in [1.29, 1.82) is 0 Å². The van der Waals surface area contributed by atoms with Gasteiger partial charge in [0.15, 0.2) is 0 Å². The molecule has 2 N–H and O–H groups in total. The maximum atomic E-state index is 13.1. The summed E-state index contributed by atoms with van der Waals surface area (Å²) in [7, 11) is 0. The number of anilines is 2. The number of fused-ring (bicyclic) bond motifs is 1. The van der Waals surface area contributed by atoms with Crippen LogP contribution in [0.4, 0.5) is 16.2 Å². The molecule has 34 heavy (non-hydrogen) atoms. The summed E-state index contributed by atoms with van der Waals surface area (Å²) in [5, 5.41) is 5.98. The fourth-order valence-electron chi connectivity index (χ4n) is 3.98. The van der Waals surface area contributed by atoms with Crippen molar-refractivity contribution in [2.45, 2.75) is 19.9 Å². The molecule has 0 saturated heterocycles. The van der Waals surface area contributed by atoms with Crippen LogP contribution in [0.5, 0.6) is 5.75 Å². The van der Waals surface area contributed by atoms with Gasteiger partial charge in [-0.2, -0.15) is 0 Å². The molecule has 174 valence electrons. The molecule has 0 aromatic heterocycles. The largest absolute Gasteiger partial charge is 0.490 e. The Morgan fingerprint density at radius 1 is 1.06 bits per heavy atom. The Kier molecular flexibility index (Phi) is 6.68. The molecule has 3 amide bonds. The lowest BCUT2D eigenvalue weighted by atomic mass is 9.93. The van der Waals surface area contributed by atoms with Crippen LogP contribution >= 0.6 is 0 Å². The van der Waals surface area contributed by atoms with Crippen LogP contribution in [0.1, 0.15) is 31.0 Å². The SMILES string of the molecule is C=CCN1C(=O)C(C)(C)COc2ccc(NC(=O)NC(c3ccccc3)c3ccccc3)cc21. The molecule has 1 aliphatic heterocycles. The van der Waals surface area contributed by atoms with E-state index in [0.29, 0.717) is 23.7 Å². The molecular weight excluding hydrogens is 426 g/mol. The number of carbonyl (C=O) groups excluding carboxylic acids is 2. The summed E-state index contributed by atoms with van der Waals surface area (Å²) in [6.45, 7) is 8.12. The van der Waals surface area contributed by atoms with Crippen LogP contribution in [0.3, 0.4) is 0 Å². The number of amides is 3. The molecule has 0 radical (unpaired) electrons. The average Bonchev–Trinajstić information content (AvgIpc) is 2.94. The number of benzene rings is 3. The number of hydrogen-bond acceptors (Lipinski definition) is 3. The Bertz CT molecular complexity index is 1140. The van der Waals surface area contributed by atoms with Crippen molar-refractivity contribution in [3.05, 3.63) is 103 Å². The van der Waals surface area contributed by atoms with Gasteiger partial charge < -0.3 is 20.3 Å². The molecule has 3 aromatic rings. The molecule has 1 aliphatic rings. The van der Waals surface area contributed by atoms with E-state index < -0.39 is 5.41 Å². The van der Waals surface area contributed by atoms with E-state index in [4.69, 9.17) is 4.74 Å². The van der Waals surface area contributed by atoms with Crippen molar-refractivity contribution in [2.75, 3.05) is 23.4 Å². The maximum absolute atomic E-state index is 13.1. The Hall–Kier alpha value is -4.06. The van der Waals surface area contributed by atoms with Crippen LogP contribution in [0.2, 0.25) is 0 Å². The summed E-state index contributed by atoms with van der Waals surface area (Å²) in [5.41, 5.74) is 2.44. The lowest BCUT2D eigenvalue weighted by Crippen LogP contribution is -2.42. The van der Waals surface area contributed by atoms with E-state index in [2.05, 4.69) is 17.2 Å². The molecule has 6 heteroatoms. The van der Waals surface area contributed by atoms with E-state index in [9.17, 15) is 9.59 Å². The van der Waals surface area contributed by atoms with Crippen LogP contribution in [-0.2, 0) is 4.79 Å². The minimum absolute atomic E-state index is 0.0547. The molecule has 0 unspecified atom stereocenters. The first-order valence-electron chi connectivity index (χ1n) is 11.3. The van der Waals surface area contributed by atoms with Crippen molar-refractivity contribution in [1.82, 2.24) is 5.32 Å². The van der Waals surface area contributed by atoms with E-state index in [1.165, 1.54) is 0 Å². The van der Waals surface area contributed by atoms with Gasteiger partial charge in [0.1, 0.15) is 12.4 Å². The first-order valence-corrected chi connectivity index (χ1v) is 11.3. The summed E-state index contributed by atoms with van der Waals surface area (Å²) in [5.74, 6) is 0.541. The summed E-state index contributed by atoms with van der Waals surface area (Å²) < 4.78 is 5.93. The molecule has 0 aliphatic carbocycles. The van der Waals surface area contributed by atoms with Gasteiger partial charge in [-0.1, -0.05) is 66.7 Å². The highest BCUT2D eigenvalue weighted by atomic mass is 16.5. The van der Waals surface area contributed by atoms with Crippen molar-refractivity contribution in [3.8, 4) is 5.75 Å². The number of hydrogen-bond donors (Lipinski definition) is 2. The second kappa shape index (κ2) is 9.83. The fourth-order valence-corrected chi connectivity index (χ4v) is 3.98. The second-order valence-corrected chi connectivity index (χ2v) is 8.91. The van der Waals surface area contributed by atoms with Gasteiger partial charge in [-0.05, 0) is 43.2 Å². The first kappa shape index (κ1) is 23.1. The van der Waals surface area contributed by atoms with E-state index in [0.717, 1.165) is 11.1 Å². The maximum Gasteiger partial charge on any atom is 0.319 e. The van der Waals surface area contributed by atoms with Crippen LogP contribution < -0.4 is 20.3 Å². The zero-order valence-corrected chi connectivity index (χ0v) is 19.5. The minimum Gasteiger partial charge on any atom is -0.490 e. The Balaban J connectivity index is 1.58. The minimum atomic E-state index is -0.675. The van der Waals surface area contributed by atoms with Crippen LogP contribution in [-0.4, -0.2) is 25.1 Å². The number of nitrogens with one attached hydrogen (secondary N) is 2. The van der Waals surface area contributed by atoms with Gasteiger partial charge in [0.2, 0.25) is 5.91 Å². The average molecular weight is 456 g/mol. The summed E-state index contributed by atoms with van der Waals surface area (Å²) in [4.78, 5) is 27.8. The van der Waals surface area contributed by atoms with E-state index in [1.54, 1.807) is 29.2 Å². The monoisotopic (exact) mass is 455 g/mol. The molecule has 4 rings (SSSR count). The van der Waals surface area contributed by atoms with Crippen molar-refractivity contribution in [2.24, 2.45) is 5.41 Å². The molecule has 0 fully saturated rings. The number of carbonyl (C=O) groups is 2. The molecule has 3 aromatic carbocycles. The van der Waals surface area contributed by atoms with Crippen LogP contribution in [0.25, 0.3) is 0 Å². The number of rotatable bonds is 6. The fraction of sp³-hybridized carbons (Fsp3) is 0.214. The van der Waals surface area contributed by atoms with Gasteiger partial charge in [0.25, 0.3) is 0 Å². The second-order valence-electron chi connectivity index (χ2n) is 8.91. The van der Waals surface area contributed by atoms with Gasteiger partial charge in [-0.25, -0.2) is 4.79 Å². The lowest BCUT2D eigenvalue weighted by molar-refractivity contribution is -0.127. The highest BCUT2D eigenvalue weighted by Gasteiger charge is 2.37. The Morgan fingerprint density at radius 2 is 1.68 bits per heavy atom. The third-order valence-corrected chi connectivity index (χ3v) is 5.77. The summed E-state index contributed by atoms with van der Waals surface area (Å²) in [6.07, 6.45) is 1.68. The molecule has 0 saturated carbocycles. The highest BCUT2D eigenvalue weighted by molar-refractivity contribution is 6.00.